The Kier molecular flexibility index (Phi) is 8.66. The lowest BCUT2D eigenvalue weighted by Gasteiger charge is -2.44. The number of benzene rings is 1. The Morgan fingerprint density at radius 2 is 1.77 bits per heavy atom. The maximum atomic E-state index is 12.1. The molecule has 8 nitrogen and oxygen atoms in total. The molecule has 0 saturated carbocycles. The van der Waals surface area contributed by atoms with Crippen molar-refractivity contribution in [2.45, 2.75) is 45.1 Å². The lowest BCUT2D eigenvalue weighted by molar-refractivity contribution is -0.155. The minimum Gasteiger partial charge on any atom is -0.493 e. The number of piperidine rings is 1. The second-order valence-corrected chi connectivity index (χ2v) is 8.27. The van der Waals surface area contributed by atoms with Crippen molar-refractivity contribution in [2.75, 3.05) is 60.6 Å². The van der Waals surface area contributed by atoms with Crippen molar-refractivity contribution in [3.8, 4) is 23.0 Å². The normalized spacial score (nSPS) is 19.4. The zero-order valence-electron chi connectivity index (χ0n) is 19.4. The highest BCUT2D eigenvalue weighted by molar-refractivity contribution is 5.72. The van der Waals surface area contributed by atoms with Crippen LogP contribution in [0.1, 0.15) is 39.0 Å². The Hall–Kier alpha value is -2.19. The minimum absolute atomic E-state index is 0.135. The van der Waals surface area contributed by atoms with E-state index >= 15 is 0 Å². The summed E-state index contributed by atoms with van der Waals surface area (Å²) in [6.07, 6.45) is 5.96. The van der Waals surface area contributed by atoms with Crippen LogP contribution in [0, 0.1) is 0 Å². The molecule has 1 unspecified atom stereocenters. The number of methoxy groups -OCH3 is 3. The molecule has 2 heterocycles. The van der Waals surface area contributed by atoms with Crippen LogP contribution >= 0.6 is 0 Å². The van der Waals surface area contributed by atoms with Crippen LogP contribution in [-0.2, 0) is 4.79 Å². The van der Waals surface area contributed by atoms with Gasteiger partial charge in [-0.15, -0.1) is 0 Å². The van der Waals surface area contributed by atoms with Gasteiger partial charge in [0, 0.05) is 44.7 Å². The van der Waals surface area contributed by atoms with Crippen LogP contribution in [-0.4, -0.2) is 87.4 Å². The number of amides is 1. The summed E-state index contributed by atoms with van der Waals surface area (Å²) >= 11 is 0. The predicted octanol–water partition coefficient (Wildman–Crippen LogP) is 2.81. The van der Waals surface area contributed by atoms with Gasteiger partial charge in [-0.05, 0) is 38.8 Å². The van der Waals surface area contributed by atoms with Crippen molar-refractivity contribution < 1.29 is 23.8 Å². The SMILES string of the molecule is COc1cc(ON(CCCCN2CCN3CCCCC3C2)C(C)=O)cc(OC)c1OC. The van der Waals surface area contributed by atoms with E-state index in [1.54, 1.807) is 33.5 Å². The van der Waals surface area contributed by atoms with E-state index < -0.39 is 0 Å². The zero-order valence-corrected chi connectivity index (χ0v) is 19.4. The molecule has 1 amide bonds. The number of hydrogen-bond donors (Lipinski definition) is 0. The minimum atomic E-state index is -0.135. The smallest absolute Gasteiger partial charge is 0.252 e. The Bertz CT molecular complexity index is 704. The third-order valence-corrected chi connectivity index (χ3v) is 6.21. The number of hydrogen-bond acceptors (Lipinski definition) is 7. The van der Waals surface area contributed by atoms with Gasteiger partial charge >= 0.3 is 0 Å². The standard InChI is InChI=1S/C23H37N3O5/c1-18(27)26(31-20-15-21(28-2)23(30-4)22(16-20)29-3)12-8-7-10-24-13-14-25-11-6-5-9-19(25)17-24/h15-16,19H,5-14,17H2,1-4H3. The second kappa shape index (κ2) is 11.4. The number of rotatable bonds is 10. The fourth-order valence-corrected chi connectivity index (χ4v) is 4.52. The van der Waals surface area contributed by atoms with Gasteiger partial charge < -0.3 is 23.9 Å². The van der Waals surface area contributed by atoms with E-state index in [0.29, 0.717) is 29.5 Å². The van der Waals surface area contributed by atoms with Crippen molar-refractivity contribution in [1.82, 2.24) is 14.9 Å². The number of piperazine rings is 1. The highest BCUT2D eigenvalue weighted by Crippen LogP contribution is 2.41. The van der Waals surface area contributed by atoms with Crippen LogP contribution in [0.4, 0.5) is 0 Å². The van der Waals surface area contributed by atoms with Gasteiger partial charge in [-0.1, -0.05) is 6.42 Å². The quantitative estimate of drug-likeness (QED) is 0.414. The molecule has 3 rings (SSSR count). The monoisotopic (exact) mass is 435 g/mol. The molecular formula is C23H37N3O5. The van der Waals surface area contributed by atoms with Crippen molar-refractivity contribution in [3.63, 3.8) is 0 Å². The molecule has 8 heteroatoms. The molecule has 2 aliphatic rings. The molecule has 31 heavy (non-hydrogen) atoms. The third-order valence-electron chi connectivity index (χ3n) is 6.21. The second-order valence-electron chi connectivity index (χ2n) is 8.27. The Morgan fingerprint density at radius 3 is 2.42 bits per heavy atom. The number of unbranched alkanes of at least 4 members (excludes halogenated alkanes) is 1. The van der Waals surface area contributed by atoms with Gasteiger partial charge in [0.15, 0.2) is 17.2 Å². The molecule has 0 aromatic heterocycles. The van der Waals surface area contributed by atoms with Gasteiger partial charge in [0.05, 0.1) is 27.9 Å². The van der Waals surface area contributed by atoms with Crippen molar-refractivity contribution in [3.05, 3.63) is 12.1 Å². The number of carbonyl (C=O) groups is 1. The van der Waals surface area contributed by atoms with E-state index in [4.69, 9.17) is 19.0 Å². The van der Waals surface area contributed by atoms with Crippen LogP contribution in [0.5, 0.6) is 23.0 Å². The fourth-order valence-electron chi connectivity index (χ4n) is 4.52. The van der Waals surface area contributed by atoms with Gasteiger partial charge in [-0.25, -0.2) is 0 Å². The van der Waals surface area contributed by atoms with Crippen LogP contribution in [0.3, 0.4) is 0 Å². The largest absolute Gasteiger partial charge is 0.493 e. The number of nitrogens with zero attached hydrogens (tertiary/aromatic N) is 3. The van der Waals surface area contributed by atoms with Gasteiger partial charge in [-0.3, -0.25) is 9.69 Å². The van der Waals surface area contributed by atoms with E-state index in [1.165, 1.54) is 50.9 Å². The molecule has 2 fully saturated rings. The van der Waals surface area contributed by atoms with Crippen molar-refractivity contribution in [1.29, 1.82) is 0 Å². The van der Waals surface area contributed by atoms with Crippen molar-refractivity contribution >= 4 is 5.91 Å². The Morgan fingerprint density at radius 1 is 1.03 bits per heavy atom. The zero-order chi connectivity index (χ0) is 22.2. The number of fused-ring (bicyclic) bond motifs is 1. The Balaban J connectivity index is 1.50. The van der Waals surface area contributed by atoms with Gasteiger partial charge in [0.2, 0.25) is 5.75 Å². The molecule has 2 aliphatic heterocycles. The topological polar surface area (TPSA) is 63.7 Å². The number of hydroxylamine groups is 2. The first-order valence-electron chi connectivity index (χ1n) is 11.3. The van der Waals surface area contributed by atoms with Crippen LogP contribution in [0.15, 0.2) is 12.1 Å². The molecule has 0 N–H and O–H groups in total. The molecule has 0 aliphatic carbocycles. The van der Waals surface area contributed by atoms with E-state index in [2.05, 4.69) is 9.80 Å². The summed E-state index contributed by atoms with van der Waals surface area (Å²) in [6, 6.07) is 4.13. The van der Waals surface area contributed by atoms with Gasteiger partial charge in [-0.2, -0.15) is 5.06 Å². The molecular weight excluding hydrogens is 398 g/mol. The summed E-state index contributed by atoms with van der Waals surface area (Å²) in [5.74, 6) is 1.80. The first-order chi connectivity index (χ1) is 15.0. The molecule has 1 aromatic rings. The number of carbonyl (C=O) groups excluding carboxylic acids is 1. The third kappa shape index (κ3) is 6.17. The summed E-state index contributed by atoms with van der Waals surface area (Å²) in [5.41, 5.74) is 0. The first-order valence-corrected chi connectivity index (χ1v) is 11.3. The van der Waals surface area contributed by atoms with E-state index in [0.717, 1.165) is 32.0 Å². The average molecular weight is 436 g/mol. The highest BCUT2D eigenvalue weighted by atomic mass is 16.7. The molecule has 1 aromatic carbocycles. The van der Waals surface area contributed by atoms with Crippen LogP contribution in [0.2, 0.25) is 0 Å². The van der Waals surface area contributed by atoms with E-state index in [9.17, 15) is 4.79 Å². The summed E-state index contributed by atoms with van der Waals surface area (Å²) in [7, 11) is 4.66. The molecule has 0 spiro atoms. The molecule has 174 valence electrons. The van der Waals surface area contributed by atoms with Crippen LogP contribution in [0.25, 0.3) is 0 Å². The summed E-state index contributed by atoms with van der Waals surface area (Å²) in [4.78, 5) is 23.2. The lowest BCUT2D eigenvalue weighted by atomic mass is 9.99. The summed E-state index contributed by atoms with van der Waals surface area (Å²) in [6.45, 7) is 7.90. The van der Waals surface area contributed by atoms with Gasteiger partial charge in [0.1, 0.15) is 0 Å². The summed E-state index contributed by atoms with van der Waals surface area (Å²) < 4.78 is 16.1. The van der Waals surface area contributed by atoms with E-state index in [1.807, 2.05) is 0 Å². The molecule has 1 atom stereocenters. The number of ether oxygens (including phenoxy) is 3. The maximum Gasteiger partial charge on any atom is 0.252 e. The first kappa shape index (κ1) is 23.5. The predicted molar refractivity (Wildman–Crippen MR) is 119 cm³/mol. The van der Waals surface area contributed by atoms with E-state index in [-0.39, 0.29) is 5.91 Å². The summed E-state index contributed by atoms with van der Waals surface area (Å²) in [5, 5.41) is 1.40. The maximum absolute atomic E-state index is 12.1. The highest BCUT2D eigenvalue weighted by Gasteiger charge is 2.28. The fraction of sp³-hybridized carbons (Fsp3) is 0.696. The molecule has 2 saturated heterocycles. The molecule has 0 radical (unpaired) electrons. The average Bonchev–Trinajstić information content (AvgIpc) is 2.79. The molecule has 0 bridgehead atoms. The van der Waals surface area contributed by atoms with Gasteiger partial charge in [0.25, 0.3) is 5.91 Å². The van der Waals surface area contributed by atoms with Crippen molar-refractivity contribution in [2.24, 2.45) is 0 Å². The van der Waals surface area contributed by atoms with Crippen LogP contribution < -0.4 is 19.0 Å². The lowest BCUT2D eigenvalue weighted by Crippen LogP contribution is -2.54. The Labute approximate surface area is 185 Å².